The van der Waals surface area contributed by atoms with Crippen molar-refractivity contribution in [1.82, 2.24) is 0 Å². The lowest BCUT2D eigenvalue weighted by atomic mass is 9.82. The zero-order valence-electron chi connectivity index (χ0n) is 18.6. The topological polar surface area (TPSA) is 9.23 Å². The van der Waals surface area contributed by atoms with E-state index in [1.165, 1.54) is 61.6 Å². The summed E-state index contributed by atoms with van der Waals surface area (Å²) >= 11 is 0. The molecule has 0 heterocycles. The van der Waals surface area contributed by atoms with E-state index in [2.05, 4.69) is 75.4 Å². The van der Waals surface area contributed by atoms with Crippen molar-refractivity contribution < 1.29 is 4.74 Å². The second-order valence-corrected chi connectivity index (χ2v) is 8.58. The molecule has 2 aromatic carbocycles. The van der Waals surface area contributed by atoms with Crippen LogP contribution in [0.2, 0.25) is 0 Å². The summed E-state index contributed by atoms with van der Waals surface area (Å²) in [7, 11) is 0. The van der Waals surface area contributed by atoms with Gasteiger partial charge in [0.25, 0.3) is 0 Å². The van der Waals surface area contributed by atoms with Crippen LogP contribution in [0.5, 0.6) is 5.75 Å². The summed E-state index contributed by atoms with van der Waals surface area (Å²) in [4.78, 5) is 0. The monoisotopic (exact) mass is 390 g/mol. The van der Waals surface area contributed by atoms with Crippen molar-refractivity contribution in [3.8, 4) is 16.9 Å². The van der Waals surface area contributed by atoms with Gasteiger partial charge in [-0.15, -0.1) is 0 Å². The van der Waals surface area contributed by atoms with Crippen LogP contribution < -0.4 is 4.74 Å². The van der Waals surface area contributed by atoms with Crippen LogP contribution in [0.1, 0.15) is 77.7 Å². The lowest BCUT2D eigenvalue weighted by Crippen LogP contribution is -2.08. The first-order valence-corrected chi connectivity index (χ1v) is 11.8. The SMILES string of the molecule is CCCOc1ccc(-c2ccc(C3=CCC(CCC(CC)CC)CC3)cc2)cc1. The van der Waals surface area contributed by atoms with Gasteiger partial charge >= 0.3 is 0 Å². The molecule has 0 spiro atoms. The van der Waals surface area contributed by atoms with Gasteiger partial charge in [0, 0.05) is 0 Å². The molecule has 156 valence electrons. The highest BCUT2D eigenvalue weighted by atomic mass is 16.5. The molecule has 1 heteroatoms. The molecular formula is C28H38O. The fourth-order valence-electron chi connectivity index (χ4n) is 4.42. The number of benzene rings is 2. The van der Waals surface area contributed by atoms with Crippen LogP contribution in [-0.4, -0.2) is 6.61 Å². The van der Waals surface area contributed by atoms with E-state index in [1.807, 2.05) is 0 Å². The molecule has 0 saturated heterocycles. The van der Waals surface area contributed by atoms with Crippen LogP contribution >= 0.6 is 0 Å². The Balaban J connectivity index is 1.56. The maximum Gasteiger partial charge on any atom is 0.119 e. The van der Waals surface area contributed by atoms with Gasteiger partial charge in [0.15, 0.2) is 0 Å². The fraction of sp³-hybridized carbons (Fsp3) is 0.500. The molecule has 0 radical (unpaired) electrons. The average molecular weight is 391 g/mol. The van der Waals surface area contributed by atoms with Gasteiger partial charge in [-0.25, -0.2) is 0 Å². The number of allylic oxidation sites excluding steroid dienone is 2. The zero-order chi connectivity index (χ0) is 20.5. The minimum Gasteiger partial charge on any atom is -0.494 e. The predicted octanol–water partition coefficient (Wildman–Crippen LogP) is 8.54. The van der Waals surface area contributed by atoms with Crippen molar-refractivity contribution in [3.63, 3.8) is 0 Å². The maximum atomic E-state index is 5.69. The van der Waals surface area contributed by atoms with E-state index in [4.69, 9.17) is 4.74 Å². The molecule has 3 rings (SSSR count). The Morgan fingerprint density at radius 2 is 1.48 bits per heavy atom. The highest BCUT2D eigenvalue weighted by Gasteiger charge is 2.17. The fourth-order valence-corrected chi connectivity index (χ4v) is 4.42. The molecule has 0 amide bonds. The average Bonchev–Trinajstić information content (AvgIpc) is 2.79. The van der Waals surface area contributed by atoms with Crippen LogP contribution in [0.4, 0.5) is 0 Å². The lowest BCUT2D eigenvalue weighted by molar-refractivity contribution is 0.317. The van der Waals surface area contributed by atoms with Gasteiger partial charge in [-0.1, -0.05) is 82.5 Å². The molecule has 29 heavy (non-hydrogen) atoms. The molecule has 0 aromatic heterocycles. The van der Waals surface area contributed by atoms with Gasteiger partial charge in [0.2, 0.25) is 0 Å². The van der Waals surface area contributed by atoms with Crippen molar-refractivity contribution in [3.05, 3.63) is 60.2 Å². The first kappa shape index (κ1) is 21.7. The quantitative estimate of drug-likeness (QED) is 0.395. The zero-order valence-corrected chi connectivity index (χ0v) is 18.6. The molecule has 1 aliphatic rings. The third-order valence-electron chi connectivity index (χ3n) is 6.57. The van der Waals surface area contributed by atoms with Crippen LogP contribution in [0.25, 0.3) is 16.7 Å². The van der Waals surface area contributed by atoms with Crippen LogP contribution in [-0.2, 0) is 0 Å². The standard InChI is InChI=1S/C28H38O/c1-4-21-29-28-19-17-27(18-20-28)26-15-13-25(14-16-26)24-11-9-23(10-12-24)8-7-22(5-2)6-3/h11,13-20,22-23H,4-10,12,21H2,1-3H3. The molecule has 0 bridgehead atoms. The largest absolute Gasteiger partial charge is 0.494 e. The Morgan fingerprint density at radius 1 is 0.862 bits per heavy atom. The molecule has 0 saturated carbocycles. The van der Waals surface area contributed by atoms with Gasteiger partial charge in [-0.05, 0) is 78.3 Å². The summed E-state index contributed by atoms with van der Waals surface area (Å²) in [5.74, 6) is 2.78. The van der Waals surface area contributed by atoms with Gasteiger partial charge in [0.1, 0.15) is 5.75 Å². The van der Waals surface area contributed by atoms with E-state index in [0.717, 1.165) is 30.6 Å². The molecule has 2 aromatic rings. The minimum atomic E-state index is 0.780. The van der Waals surface area contributed by atoms with Crippen molar-refractivity contribution in [2.75, 3.05) is 6.61 Å². The minimum absolute atomic E-state index is 0.780. The summed E-state index contributed by atoms with van der Waals surface area (Å²) in [5.41, 5.74) is 5.46. The van der Waals surface area contributed by atoms with Gasteiger partial charge in [-0.3, -0.25) is 0 Å². The molecule has 1 unspecified atom stereocenters. The van der Waals surface area contributed by atoms with E-state index >= 15 is 0 Å². The first-order valence-electron chi connectivity index (χ1n) is 11.8. The van der Waals surface area contributed by atoms with Gasteiger partial charge < -0.3 is 4.74 Å². The lowest BCUT2D eigenvalue weighted by Gasteiger charge is -2.24. The second-order valence-electron chi connectivity index (χ2n) is 8.58. The predicted molar refractivity (Wildman–Crippen MR) is 126 cm³/mol. The van der Waals surface area contributed by atoms with Gasteiger partial charge in [0.05, 0.1) is 6.61 Å². The highest BCUT2D eigenvalue weighted by Crippen LogP contribution is 2.34. The third-order valence-corrected chi connectivity index (χ3v) is 6.57. The van der Waals surface area contributed by atoms with Crippen LogP contribution in [0, 0.1) is 11.8 Å². The van der Waals surface area contributed by atoms with E-state index in [-0.39, 0.29) is 0 Å². The maximum absolute atomic E-state index is 5.69. The molecule has 0 aliphatic heterocycles. The normalized spacial score (nSPS) is 16.7. The van der Waals surface area contributed by atoms with E-state index < -0.39 is 0 Å². The second kappa shape index (κ2) is 11.2. The summed E-state index contributed by atoms with van der Waals surface area (Å²) in [5, 5.41) is 0. The highest BCUT2D eigenvalue weighted by molar-refractivity contribution is 5.71. The Labute approximate surface area is 178 Å². The van der Waals surface area contributed by atoms with E-state index in [1.54, 1.807) is 5.57 Å². The van der Waals surface area contributed by atoms with Crippen molar-refractivity contribution in [1.29, 1.82) is 0 Å². The Kier molecular flexibility index (Phi) is 8.40. The smallest absolute Gasteiger partial charge is 0.119 e. The third kappa shape index (κ3) is 6.23. The Bertz CT molecular complexity index is 750. The van der Waals surface area contributed by atoms with Crippen molar-refractivity contribution in [2.24, 2.45) is 11.8 Å². The van der Waals surface area contributed by atoms with E-state index in [0.29, 0.717) is 0 Å². The van der Waals surface area contributed by atoms with Crippen LogP contribution in [0.15, 0.2) is 54.6 Å². The summed E-state index contributed by atoms with van der Waals surface area (Å²) in [6.07, 6.45) is 12.9. The summed E-state index contributed by atoms with van der Waals surface area (Å²) in [6.45, 7) is 7.59. The molecular weight excluding hydrogens is 352 g/mol. The molecule has 1 nitrogen and oxygen atoms in total. The number of hydrogen-bond acceptors (Lipinski definition) is 1. The molecule has 1 aliphatic carbocycles. The summed E-state index contributed by atoms with van der Waals surface area (Å²) < 4.78 is 5.69. The number of rotatable bonds is 10. The van der Waals surface area contributed by atoms with Crippen molar-refractivity contribution in [2.45, 2.75) is 72.1 Å². The Morgan fingerprint density at radius 3 is 2.03 bits per heavy atom. The molecule has 1 atom stereocenters. The summed E-state index contributed by atoms with van der Waals surface area (Å²) in [6, 6.07) is 17.6. The molecule has 0 fully saturated rings. The number of ether oxygens (including phenoxy) is 1. The first-order chi connectivity index (χ1) is 14.2. The Hall–Kier alpha value is -2.02. The van der Waals surface area contributed by atoms with Crippen LogP contribution in [0.3, 0.4) is 0 Å². The molecule has 0 N–H and O–H groups in total. The van der Waals surface area contributed by atoms with Crippen molar-refractivity contribution >= 4 is 5.57 Å². The van der Waals surface area contributed by atoms with Gasteiger partial charge in [-0.2, -0.15) is 0 Å². The van der Waals surface area contributed by atoms with E-state index in [9.17, 15) is 0 Å². The number of hydrogen-bond donors (Lipinski definition) is 0.